The predicted molar refractivity (Wildman–Crippen MR) is 65.4 cm³/mol. The van der Waals surface area contributed by atoms with Crippen molar-refractivity contribution in [2.75, 3.05) is 0 Å². The highest BCUT2D eigenvalue weighted by Gasteiger charge is 2.24. The lowest BCUT2D eigenvalue weighted by molar-refractivity contribution is 0.350. The van der Waals surface area contributed by atoms with Gasteiger partial charge < -0.3 is 10.2 Å². The minimum absolute atomic E-state index is 0.256. The molecule has 1 aliphatic rings. The molecule has 1 aromatic carbocycles. The largest absolute Gasteiger partial charge is 0.458 e. The predicted octanol–water partition coefficient (Wildman–Crippen LogP) is 3.56. The molecular weight excluding hydrogens is 217 g/mol. The van der Waals surface area contributed by atoms with Crippen LogP contribution in [0.25, 0.3) is 11.0 Å². The second-order valence-corrected chi connectivity index (χ2v) is 4.93. The van der Waals surface area contributed by atoms with Gasteiger partial charge in [0.05, 0.1) is 0 Å². The molecule has 2 atom stereocenters. The van der Waals surface area contributed by atoms with Crippen molar-refractivity contribution in [3.05, 3.63) is 35.8 Å². The van der Waals surface area contributed by atoms with E-state index >= 15 is 0 Å². The maximum absolute atomic E-state index is 13.5. The van der Waals surface area contributed by atoms with Gasteiger partial charge in [-0.25, -0.2) is 4.39 Å². The number of rotatable bonds is 1. The second kappa shape index (κ2) is 4.15. The van der Waals surface area contributed by atoms with Crippen LogP contribution in [0.5, 0.6) is 0 Å². The molecule has 1 aliphatic carbocycles. The van der Waals surface area contributed by atoms with Crippen molar-refractivity contribution in [3.8, 4) is 0 Å². The molecule has 0 bridgehead atoms. The van der Waals surface area contributed by atoms with Gasteiger partial charge in [-0.3, -0.25) is 0 Å². The van der Waals surface area contributed by atoms with E-state index in [0.717, 1.165) is 36.8 Å². The second-order valence-electron chi connectivity index (χ2n) is 4.93. The van der Waals surface area contributed by atoms with Crippen LogP contribution >= 0.6 is 0 Å². The Morgan fingerprint density at radius 3 is 2.94 bits per heavy atom. The molecule has 2 nitrogen and oxygen atoms in total. The molecule has 2 aromatic rings. The van der Waals surface area contributed by atoms with Gasteiger partial charge in [0.1, 0.15) is 5.76 Å². The fraction of sp³-hybridized carbons (Fsp3) is 0.429. The first-order valence-corrected chi connectivity index (χ1v) is 6.17. The van der Waals surface area contributed by atoms with Gasteiger partial charge in [-0.05, 0) is 31.4 Å². The fourth-order valence-electron chi connectivity index (χ4n) is 2.73. The van der Waals surface area contributed by atoms with Crippen molar-refractivity contribution in [2.45, 2.75) is 37.6 Å². The molecule has 3 rings (SSSR count). The summed E-state index contributed by atoms with van der Waals surface area (Å²) in [4.78, 5) is 0. The summed E-state index contributed by atoms with van der Waals surface area (Å²) in [6, 6.07) is 7.24. The average Bonchev–Trinajstić information content (AvgIpc) is 2.74. The highest BCUT2D eigenvalue weighted by Crippen LogP contribution is 2.35. The van der Waals surface area contributed by atoms with Gasteiger partial charge in [0.15, 0.2) is 11.4 Å². The maximum Gasteiger partial charge on any atom is 0.169 e. The number of hydrogen-bond donors (Lipinski definition) is 1. The highest BCUT2D eigenvalue weighted by molar-refractivity contribution is 5.78. The van der Waals surface area contributed by atoms with Crippen LogP contribution in [0.3, 0.4) is 0 Å². The monoisotopic (exact) mass is 233 g/mol. The highest BCUT2D eigenvalue weighted by atomic mass is 19.1. The summed E-state index contributed by atoms with van der Waals surface area (Å²) in [7, 11) is 0. The lowest BCUT2D eigenvalue weighted by Gasteiger charge is -2.24. The van der Waals surface area contributed by atoms with Crippen molar-refractivity contribution in [1.29, 1.82) is 0 Å². The zero-order valence-corrected chi connectivity index (χ0v) is 9.66. The SMILES string of the molecule is NC1CCCC(c2cc3cccc(F)c3o2)C1. The molecule has 1 saturated carbocycles. The molecule has 0 saturated heterocycles. The third kappa shape index (κ3) is 1.95. The number of para-hydroxylation sites is 1. The molecule has 2 N–H and O–H groups in total. The fourth-order valence-corrected chi connectivity index (χ4v) is 2.73. The van der Waals surface area contributed by atoms with E-state index in [9.17, 15) is 4.39 Å². The molecular formula is C14H16FNO. The van der Waals surface area contributed by atoms with E-state index in [0.29, 0.717) is 11.5 Å². The number of furan rings is 1. The van der Waals surface area contributed by atoms with E-state index in [-0.39, 0.29) is 11.9 Å². The lowest BCUT2D eigenvalue weighted by Crippen LogP contribution is -2.26. The van der Waals surface area contributed by atoms with Crippen LogP contribution in [0.1, 0.15) is 37.4 Å². The molecule has 2 unspecified atom stereocenters. The third-order valence-corrected chi connectivity index (χ3v) is 3.63. The molecule has 0 aliphatic heterocycles. The Morgan fingerprint density at radius 1 is 1.29 bits per heavy atom. The molecule has 3 heteroatoms. The van der Waals surface area contributed by atoms with Crippen LogP contribution in [-0.4, -0.2) is 6.04 Å². The van der Waals surface area contributed by atoms with E-state index < -0.39 is 0 Å². The molecule has 1 heterocycles. The van der Waals surface area contributed by atoms with Crippen LogP contribution in [0, 0.1) is 5.82 Å². The number of nitrogens with two attached hydrogens (primary N) is 1. The van der Waals surface area contributed by atoms with Crippen molar-refractivity contribution < 1.29 is 8.81 Å². The van der Waals surface area contributed by atoms with E-state index in [1.807, 2.05) is 12.1 Å². The Kier molecular flexibility index (Phi) is 2.63. The van der Waals surface area contributed by atoms with Crippen molar-refractivity contribution in [1.82, 2.24) is 0 Å². The van der Waals surface area contributed by atoms with Crippen molar-refractivity contribution >= 4 is 11.0 Å². The van der Waals surface area contributed by atoms with Crippen LogP contribution in [-0.2, 0) is 0 Å². The molecule has 17 heavy (non-hydrogen) atoms. The Hall–Kier alpha value is -1.35. The number of benzene rings is 1. The summed E-state index contributed by atoms with van der Waals surface area (Å²) < 4.78 is 19.2. The number of fused-ring (bicyclic) bond motifs is 1. The minimum Gasteiger partial charge on any atom is -0.458 e. The zero-order valence-electron chi connectivity index (χ0n) is 9.66. The van der Waals surface area contributed by atoms with Gasteiger partial charge in [-0.1, -0.05) is 18.6 Å². The maximum atomic E-state index is 13.5. The molecule has 0 amide bonds. The first-order valence-electron chi connectivity index (χ1n) is 6.17. The van der Waals surface area contributed by atoms with Crippen molar-refractivity contribution in [2.24, 2.45) is 5.73 Å². The van der Waals surface area contributed by atoms with Gasteiger partial charge in [-0.2, -0.15) is 0 Å². The summed E-state index contributed by atoms with van der Waals surface area (Å²) in [6.45, 7) is 0. The molecule has 0 spiro atoms. The molecule has 1 aromatic heterocycles. The summed E-state index contributed by atoms with van der Waals surface area (Å²) in [5, 5.41) is 0.846. The Bertz CT molecular complexity index is 534. The number of halogens is 1. The van der Waals surface area contributed by atoms with Gasteiger partial charge >= 0.3 is 0 Å². The first-order chi connectivity index (χ1) is 8.24. The molecule has 0 radical (unpaired) electrons. The zero-order chi connectivity index (χ0) is 11.8. The minimum atomic E-state index is -0.283. The van der Waals surface area contributed by atoms with E-state index in [1.54, 1.807) is 6.07 Å². The van der Waals surface area contributed by atoms with E-state index in [1.165, 1.54) is 6.07 Å². The normalized spacial score (nSPS) is 25.3. The summed E-state index contributed by atoms with van der Waals surface area (Å²) in [5.41, 5.74) is 6.35. The lowest BCUT2D eigenvalue weighted by atomic mass is 9.84. The van der Waals surface area contributed by atoms with Gasteiger partial charge in [0.25, 0.3) is 0 Å². The standard InChI is InChI=1S/C14H16FNO/c15-12-6-2-4-10-8-13(17-14(10)12)9-3-1-5-11(16)7-9/h2,4,6,8-9,11H,1,3,5,7,16H2. The smallest absolute Gasteiger partial charge is 0.169 e. The Morgan fingerprint density at radius 2 is 2.18 bits per heavy atom. The van der Waals surface area contributed by atoms with E-state index in [2.05, 4.69) is 0 Å². The average molecular weight is 233 g/mol. The molecule has 1 fully saturated rings. The number of hydrogen-bond acceptors (Lipinski definition) is 2. The summed E-state index contributed by atoms with van der Waals surface area (Å²) in [6.07, 6.45) is 4.26. The first kappa shape index (κ1) is 10.8. The third-order valence-electron chi connectivity index (χ3n) is 3.63. The molecule has 90 valence electrons. The van der Waals surface area contributed by atoms with Crippen LogP contribution in [0.4, 0.5) is 4.39 Å². The summed E-state index contributed by atoms with van der Waals surface area (Å²) >= 11 is 0. The van der Waals surface area contributed by atoms with Gasteiger partial charge in [-0.15, -0.1) is 0 Å². The quantitative estimate of drug-likeness (QED) is 0.818. The van der Waals surface area contributed by atoms with Crippen LogP contribution in [0.15, 0.2) is 28.7 Å². The van der Waals surface area contributed by atoms with Gasteiger partial charge in [0.2, 0.25) is 0 Å². The Labute approximate surface area is 99.6 Å². The van der Waals surface area contributed by atoms with Crippen molar-refractivity contribution in [3.63, 3.8) is 0 Å². The van der Waals surface area contributed by atoms with Gasteiger partial charge in [0, 0.05) is 17.3 Å². The topological polar surface area (TPSA) is 39.2 Å². The van der Waals surface area contributed by atoms with E-state index in [4.69, 9.17) is 10.2 Å². The Balaban J connectivity index is 1.97. The summed E-state index contributed by atoms with van der Waals surface area (Å²) in [5.74, 6) is 0.958. The van der Waals surface area contributed by atoms with Crippen LogP contribution in [0.2, 0.25) is 0 Å². The van der Waals surface area contributed by atoms with Crippen LogP contribution < -0.4 is 5.73 Å².